The van der Waals surface area contributed by atoms with Gasteiger partial charge < -0.3 is 14.6 Å². The lowest BCUT2D eigenvalue weighted by Gasteiger charge is -2.15. The number of hydrogen-bond donors (Lipinski definition) is 2. The number of para-hydroxylation sites is 1. The summed E-state index contributed by atoms with van der Waals surface area (Å²) in [5.41, 5.74) is 0.225. The molecule has 0 saturated heterocycles. The van der Waals surface area contributed by atoms with Crippen LogP contribution in [0.5, 0.6) is 17.5 Å². The predicted octanol–water partition coefficient (Wildman–Crippen LogP) is 2.22. The summed E-state index contributed by atoms with van der Waals surface area (Å²) in [5, 5.41) is 10.7. The average Bonchev–Trinajstić information content (AvgIpc) is 3.15. The smallest absolute Gasteiger partial charge is 0.329 e. The third-order valence-electron chi connectivity index (χ3n) is 5.07. The number of rotatable bonds is 8. The van der Waals surface area contributed by atoms with Crippen molar-refractivity contribution in [1.29, 1.82) is 0 Å². The second-order valence-electron chi connectivity index (χ2n) is 7.38. The van der Waals surface area contributed by atoms with Crippen LogP contribution in [0.3, 0.4) is 0 Å². The van der Waals surface area contributed by atoms with Crippen molar-refractivity contribution >= 4 is 11.2 Å². The number of nitrogens with zero attached hydrogens (tertiary/aromatic N) is 3. The lowest BCUT2D eigenvalue weighted by molar-refractivity contribution is 0.0915. The maximum absolute atomic E-state index is 12.6. The molecule has 1 atom stereocenters. The number of nitrogens with one attached hydrogen (secondary N) is 1. The summed E-state index contributed by atoms with van der Waals surface area (Å²) < 4.78 is 14.3. The summed E-state index contributed by atoms with van der Waals surface area (Å²) >= 11 is 0. The Bertz CT molecular complexity index is 1340. The first-order chi connectivity index (χ1) is 15.5. The number of aromatic nitrogens is 4. The number of benzene rings is 2. The van der Waals surface area contributed by atoms with Gasteiger partial charge in [-0.05, 0) is 36.2 Å². The van der Waals surface area contributed by atoms with Crippen molar-refractivity contribution in [2.24, 2.45) is 7.05 Å². The highest BCUT2D eigenvalue weighted by Crippen LogP contribution is 2.24. The van der Waals surface area contributed by atoms with Gasteiger partial charge in [0.2, 0.25) is 0 Å². The minimum absolute atomic E-state index is 0.00128. The van der Waals surface area contributed by atoms with Gasteiger partial charge in [0.15, 0.2) is 11.2 Å². The fraction of sp³-hybridized carbons (Fsp3) is 0.261. The molecule has 32 heavy (non-hydrogen) atoms. The molecule has 0 aliphatic rings. The number of imidazole rings is 1. The minimum Gasteiger partial charge on any atom is -0.491 e. The molecule has 4 rings (SSSR count). The molecule has 2 aromatic heterocycles. The van der Waals surface area contributed by atoms with Gasteiger partial charge in [0.1, 0.15) is 24.2 Å². The average molecular weight is 436 g/mol. The fourth-order valence-corrected chi connectivity index (χ4v) is 3.37. The van der Waals surface area contributed by atoms with E-state index in [1.54, 1.807) is 24.3 Å². The largest absolute Gasteiger partial charge is 0.491 e. The van der Waals surface area contributed by atoms with Gasteiger partial charge in [0.25, 0.3) is 5.56 Å². The SMILES string of the molecule is CCc1cccc(OCC(O)Cn2c(Oc3ccccc3)nc3c2c(=O)[nH]c(=O)n3C)c1. The van der Waals surface area contributed by atoms with E-state index in [4.69, 9.17) is 9.47 Å². The van der Waals surface area contributed by atoms with Gasteiger partial charge in [-0.3, -0.25) is 18.9 Å². The molecular weight excluding hydrogens is 412 g/mol. The Morgan fingerprint density at radius 3 is 2.59 bits per heavy atom. The summed E-state index contributed by atoms with van der Waals surface area (Å²) in [6.07, 6.45) is -0.0879. The maximum atomic E-state index is 12.6. The molecule has 4 aromatic rings. The van der Waals surface area contributed by atoms with E-state index in [2.05, 4.69) is 16.9 Å². The summed E-state index contributed by atoms with van der Waals surface area (Å²) in [6, 6.07) is 16.7. The molecule has 2 aromatic carbocycles. The van der Waals surface area contributed by atoms with Crippen molar-refractivity contribution in [2.45, 2.75) is 26.0 Å². The topological polar surface area (TPSA) is 111 Å². The van der Waals surface area contributed by atoms with Gasteiger partial charge in [-0.15, -0.1) is 0 Å². The van der Waals surface area contributed by atoms with Gasteiger partial charge in [-0.1, -0.05) is 37.3 Å². The number of aliphatic hydroxyl groups excluding tert-OH is 1. The van der Waals surface area contributed by atoms with Crippen molar-refractivity contribution in [3.63, 3.8) is 0 Å². The van der Waals surface area contributed by atoms with E-state index in [1.807, 2.05) is 30.3 Å². The van der Waals surface area contributed by atoms with Crippen LogP contribution in [0.4, 0.5) is 0 Å². The summed E-state index contributed by atoms with van der Waals surface area (Å²) in [4.78, 5) is 31.2. The molecular formula is C23H24N4O5. The number of aromatic amines is 1. The van der Waals surface area contributed by atoms with Crippen LogP contribution >= 0.6 is 0 Å². The van der Waals surface area contributed by atoms with Crippen LogP contribution in [0.25, 0.3) is 11.2 Å². The maximum Gasteiger partial charge on any atom is 0.329 e. The van der Waals surface area contributed by atoms with Crippen molar-refractivity contribution < 1.29 is 14.6 Å². The molecule has 0 aliphatic carbocycles. The van der Waals surface area contributed by atoms with E-state index < -0.39 is 17.4 Å². The van der Waals surface area contributed by atoms with Gasteiger partial charge in [-0.2, -0.15) is 4.98 Å². The monoisotopic (exact) mass is 436 g/mol. The highest BCUT2D eigenvalue weighted by Gasteiger charge is 2.21. The molecule has 9 heteroatoms. The first-order valence-corrected chi connectivity index (χ1v) is 10.3. The van der Waals surface area contributed by atoms with Crippen molar-refractivity contribution in [3.8, 4) is 17.5 Å². The lowest BCUT2D eigenvalue weighted by atomic mass is 10.2. The summed E-state index contributed by atoms with van der Waals surface area (Å²) in [5.74, 6) is 1.16. The van der Waals surface area contributed by atoms with E-state index in [9.17, 15) is 14.7 Å². The number of ether oxygens (including phenoxy) is 2. The van der Waals surface area contributed by atoms with Gasteiger partial charge in [-0.25, -0.2) is 4.79 Å². The van der Waals surface area contributed by atoms with Crippen LogP contribution in [0, 0.1) is 0 Å². The standard InChI is InChI=1S/C23H24N4O5/c1-3-15-8-7-11-18(12-15)31-14-16(28)13-27-19-20(26(2)22(30)25-21(19)29)24-23(27)32-17-9-5-4-6-10-17/h4-12,16,28H,3,13-14H2,1-2H3,(H,25,29,30). The summed E-state index contributed by atoms with van der Waals surface area (Å²) in [6.45, 7) is 2.03. The number of aryl methyl sites for hydroxylation is 2. The quantitative estimate of drug-likeness (QED) is 0.438. The number of hydrogen-bond acceptors (Lipinski definition) is 6. The Labute approximate surface area is 183 Å². The van der Waals surface area contributed by atoms with Crippen LogP contribution < -0.4 is 20.7 Å². The fourth-order valence-electron chi connectivity index (χ4n) is 3.37. The van der Waals surface area contributed by atoms with Gasteiger partial charge in [0, 0.05) is 7.05 Å². The molecule has 166 valence electrons. The Morgan fingerprint density at radius 1 is 1.09 bits per heavy atom. The normalized spacial score (nSPS) is 12.1. The Kier molecular flexibility index (Phi) is 6.09. The molecule has 0 aliphatic heterocycles. The minimum atomic E-state index is -0.965. The van der Waals surface area contributed by atoms with E-state index in [-0.39, 0.29) is 30.3 Å². The molecule has 0 amide bonds. The molecule has 1 unspecified atom stereocenters. The Morgan fingerprint density at radius 2 is 1.84 bits per heavy atom. The molecule has 0 spiro atoms. The number of H-pyrrole nitrogens is 1. The lowest BCUT2D eigenvalue weighted by Crippen LogP contribution is -2.30. The van der Waals surface area contributed by atoms with Crippen LogP contribution in [0.2, 0.25) is 0 Å². The van der Waals surface area contributed by atoms with Crippen molar-refractivity contribution in [3.05, 3.63) is 81.0 Å². The third kappa shape index (κ3) is 4.42. The second-order valence-corrected chi connectivity index (χ2v) is 7.38. The van der Waals surface area contributed by atoms with Crippen molar-refractivity contribution in [2.75, 3.05) is 6.61 Å². The predicted molar refractivity (Wildman–Crippen MR) is 119 cm³/mol. The van der Waals surface area contributed by atoms with Gasteiger partial charge in [0.05, 0.1) is 6.54 Å². The van der Waals surface area contributed by atoms with Crippen LogP contribution in [0.15, 0.2) is 64.2 Å². The third-order valence-corrected chi connectivity index (χ3v) is 5.07. The van der Waals surface area contributed by atoms with Crippen LogP contribution in [-0.2, 0) is 20.0 Å². The summed E-state index contributed by atoms with van der Waals surface area (Å²) in [7, 11) is 1.50. The van der Waals surface area contributed by atoms with Crippen molar-refractivity contribution in [1.82, 2.24) is 19.1 Å². The number of aliphatic hydroxyl groups is 1. The first kappa shape index (κ1) is 21.4. The first-order valence-electron chi connectivity index (χ1n) is 10.3. The molecule has 2 heterocycles. The zero-order valence-electron chi connectivity index (χ0n) is 17.8. The molecule has 9 nitrogen and oxygen atoms in total. The highest BCUT2D eigenvalue weighted by molar-refractivity contribution is 5.71. The Balaban J connectivity index is 1.65. The van der Waals surface area contributed by atoms with E-state index in [0.29, 0.717) is 11.5 Å². The zero-order chi connectivity index (χ0) is 22.7. The molecule has 0 fully saturated rings. The van der Waals surface area contributed by atoms with E-state index >= 15 is 0 Å². The molecule has 0 bridgehead atoms. The van der Waals surface area contributed by atoms with E-state index in [0.717, 1.165) is 12.0 Å². The van der Waals surface area contributed by atoms with Crippen LogP contribution in [0.1, 0.15) is 12.5 Å². The molecule has 0 radical (unpaired) electrons. The van der Waals surface area contributed by atoms with Crippen LogP contribution in [-0.4, -0.2) is 36.9 Å². The number of fused-ring (bicyclic) bond motifs is 1. The molecule has 0 saturated carbocycles. The van der Waals surface area contributed by atoms with E-state index in [1.165, 1.54) is 16.2 Å². The second kappa shape index (κ2) is 9.11. The Hall–Kier alpha value is -3.85. The molecule has 2 N–H and O–H groups in total. The highest BCUT2D eigenvalue weighted by atomic mass is 16.5. The zero-order valence-corrected chi connectivity index (χ0v) is 17.8. The van der Waals surface area contributed by atoms with Gasteiger partial charge >= 0.3 is 11.7 Å².